The van der Waals surface area contributed by atoms with E-state index in [2.05, 4.69) is 0 Å². The van der Waals surface area contributed by atoms with Crippen LogP contribution in [-0.4, -0.2) is 28.4 Å². The van der Waals surface area contributed by atoms with Crippen molar-refractivity contribution in [1.82, 2.24) is 0 Å². The average Bonchev–Trinajstić information content (AvgIpc) is 2.54. The minimum absolute atomic E-state index is 0.100. The molecule has 3 N–H and O–H groups in total. The van der Waals surface area contributed by atoms with E-state index in [1.807, 2.05) is 0 Å². The van der Waals surface area contributed by atoms with Crippen molar-refractivity contribution in [3.05, 3.63) is 71.3 Å². The van der Waals surface area contributed by atoms with E-state index >= 15 is 0 Å². The van der Waals surface area contributed by atoms with Crippen LogP contribution in [0, 0.1) is 0 Å². The fraction of sp³-hybridized carbons (Fsp3) is 0.167. The molecule has 2 aromatic carbocycles. The van der Waals surface area contributed by atoms with Crippen LogP contribution in [0.5, 0.6) is 11.5 Å². The number of carboxylic acid groups (broad SMARTS) is 1. The van der Waals surface area contributed by atoms with Crippen molar-refractivity contribution in [2.75, 3.05) is 7.11 Å². The van der Waals surface area contributed by atoms with Crippen LogP contribution in [0.1, 0.15) is 18.1 Å². The number of benzene rings is 2. The maximum absolute atomic E-state index is 11.3. The second-order valence-corrected chi connectivity index (χ2v) is 5.17. The van der Waals surface area contributed by atoms with Gasteiger partial charge in [0.25, 0.3) is 0 Å². The molecule has 0 amide bonds. The van der Waals surface area contributed by atoms with Crippen molar-refractivity contribution in [3.63, 3.8) is 0 Å². The topological polar surface area (TPSA) is 87.0 Å². The molecule has 5 heteroatoms. The number of hydrogen-bond acceptors (Lipinski definition) is 4. The molecule has 2 rings (SSSR count). The highest BCUT2D eigenvalue weighted by Crippen LogP contribution is 2.37. The molecule has 0 aliphatic carbocycles. The minimum Gasteiger partial charge on any atom is -0.508 e. The fourth-order valence-electron chi connectivity index (χ4n) is 2.41. The largest absolute Gasteiger partial charge is 0.508 e. The highest BCUT2D eigenvalue weighted by Gasteiger charge is 2.33. The van der Waals surface area contributed by atoms with E-state index in [1.54, 1.807) is 24.3 Å². The third-order valence-corrected chi connectivity index (χ3v) is 3.67. The summed E-state index contributed by atoms with van der Waals surface area (Å²) in [4.78, 5) is 11.3. The van der Waals surface area contributed by atoms with Crippen LogP contribution in [0.4, 0.5) is 0 Å². The molecule has 2 aromatic rings. The quantitative estimate of drug-likeness (QED) is 0.738. The molecule has 0 unspecified atom stereocenters. The van der Waals surface area contributed by atoms with Crippen molar-refractivity contribution >= 4 is 5.97 Å². The maximum Gasteiger partial charge on any atom is 0.331 e. The molecule has 0 atom stereocenters. The molecule has 0 bridgehead atoms. The number of carboxylic acids is 1. The Morgan fingerprint density at radius 1 is 0.957 bits per heavy atom. The molecule has 0 aliphatic heterocycles. The van der Waals surface area contributed by atoms with Gasteiger partial charge in [-0.1, -0.05) is 24.3 Å². The van der Waals surface area contributed by atoms with Crippen molar-refractivity contribution in [3.8, 4) is 11.5 Å². The lowest BCUT2D eigenvalue weighted by molar-refractivity contribution is -0.132. The fourth-order valence-corrected chi connectivity index (χ4v) is 2.41. The van der Waals surface area contributed by atoms with Gasteiger partial charge in [0.2, 0.25) is 0 Å². The van der Waals surface area contributed by atoms with E-state index < -0.39 is 11.6 Å². The molecule has 0 heterocycles. The molecule has 0 radical (unpaired) electrons. The van der Waals surface area contributed by atoms with Crippen molar-refractivity contribution in [2.45, 2.75) is 12.5 Å². The Morgan fingerprint density at radius 2 is 1.35 bits per heavy atom. The number of phenolic OH excluding ortho intramolecular Hbond substituents is 2. The van der Waals surface area contributed by atoms with Crippen LogP contribution in [0.2, 0.25) is 0 Å². The molecule has 0 saturated heterocycles. The van der Waals surface area contributed by atoms with E-state index in [4.69, 9.17) is 4.74 Å². The normalized spacial score (nSPS) is 12.2. The second-order valence-electron chi connectivity index (χ2n) is 5.17. The molecule has 23 heavy (non-hydrogen) atoms. The van der Waals surface area contributed by atoms with Gasteiger partial charge in [0.05, 0.1) is 0 Å². The van der Waals surface area contributed by atoms with Gasteiger partial charge in [0.1, 0.15) is 17.1 Å². The summed E-state index contributed by atoms with van der Waals surface area (Å²) in [7, 11) is 1.48. The maximum atomic E-state index is 11.3. The van der Waals surface area contributed by atoms with Gasteiger partial charge in [0, 0.05) is 12.7 Å². The first kappa shape index (κ1) is 16.6. The van der Waals surface area contributed by atoms with Crippen LogP contribution in [0.25, 0.3) is 0 Å². The molecule has 0 saturated carbocycles. The number of aliphatic carboxylic acids is 1. The van der Waals surface area contributed by atoms with Gasteiger partial charge in [0.15, 0.2) is 0 Å². The summed E-state index contributed by atoms with van der Waals surface area (Å²) in [6, 6.07) is 12.7. The van der Waals surface area contributed by atoms with Crippen molar-refractivity contribution in [2.24, 2.45) is 0 Å². The summed E-state index contributed by atoms with van der Waals surface area (Å²) in [5.41, 5.74) is 0.283. The number of methoxy groups -OCH3 is 1. The molecular weight excluding hydrogens is 296 g/mol. The summed E-state index contributed by atoms with van der Waals surface area (Å²) in [5.74, 6) is -0.851. The predicted octanol–water partition coefficient (Wildman–Crippen LogP) is 3.02. The van der Waals surface area contributed by atoms with Gasteiger partial charge in [-0.2, -0.15) is 0 Å². The Balaban J connectivity index is 2.70. The summed E-state index contributed by atoms with van der Waals surface area (Å²) >= 11 is 0. The summed E-state index contributed by atoms with van der Waals surface area (Å²) in [5, 5.41) is 28.2. The van der Waals surface area contributed by atoms with Gasteiger partial charge in [-0.25, -0.2) is 4.79 Å². The summed E-state index contributed by atoms with van der Waals surface area (Å²) < 4.78 is 5.71. The van der Waals surface area contributed by atoms with Gasteiger partial charge in [-0.3, -0.25) is 0 Å². The second kappa shape index (κ2) is 6.54. The zero-order valence-corrected chi connectivity index (χ0v) is 12.9. The van der Waals surface area contributed by atoms with Gasteiger partial charge in [-0.15, -0.1) is 0 Å². The van der Waals surface area contributed by atoms with Crippen LogP contribution >= 0.6 is 0 Å². The molecule has 0 spiro atoms. The van der Waals surface area contributed by atoms with E-state index in [9.17, 15) is 20.1 Å². The smallest absolute Gasteiger partial charge is 0.331 e. The summed E-state index contributed by atoms with van der Waals surface area (Å²) in [6.45, 7) is 1.48. The minimum atomic E-state index is -1.15. The molecule has 120 valence electrons. The highest BCUT2D eigenvalue weighted by atomic mass is 16.5. The Hall–Kier alpha value is -2.79. The number of hydrogen-bond donors (Lipinski definition) is 3. The zero-order valence-electron chi connectivity index (χ0n) is 12.9. The highest BCUT2D eigenvalue weighted by molar-refractivity contribution is 5.86. The van der Waals surface area contributed by atoms with E-state index in [-0.39, 0.29) is 17.1 Å². The Kier molecular flexibility index (Phi) is 4.71. The first-order valence-corrected chi connectivity index (χ1v) is 6.96. The molecule has 0 fully saturated rings. The molecular formula is C18H18O5. The average molecular weight is 314 g/mol. The van der Waals surface area contributed by atoms with Crippen LogP contribution in [-0.2, 0) is 15.1 Å². The number of rotatable bonds is 5. The van der Waals surface area contributed by atoms with Crippen LogP contribution in [0.15, 0.2) is 60.2 Å². The van der Waals surface area contributed by atoms with Gasteiger partial charge >= 0.3 is 5.97 Å². The van der Waals surface area contributed by atoms with E-state index in [0.717, 1.165) is 0 Å². The lowest BCUT2D eigenvalue weighted by Crippen LogP contribution is -2.28. The number of aromatic hydroxyl groups is 2. The van der Waals surface area contributed by atoms with Crippen LogP contribution in [0.3, 0.4) is 0 Å². The number of ether oxygens (including phenoxy) is 1. The predicted molar refractivity (Wildman–Crippen MR) is 85.4 cm³/mol. The SMILES string of the molecule is COC(C=C(C)C(=O)O)(c1ccc(O)cc1)c1ccc(O)cc1. The van der Waals surface area contributed by atoms with Crippen molar-refractivity contribution in [1.29, 1.82) is 0 Å². The van der Waals surface area contributed by atoms with Gasteiger partial charge < -0.3 is 20.1 Å². The molecule has 0 aliphatic rings. The third kappa shape index (κ3) is 3.35. The first-order valence-electron chi connectivity index (χ1n) is 6.96. The van der Waals surface area contributed by atoms with Gasteiger partial charge in [-0.05, 0) is 48.4 Å². The Morgan fingerprint density at radius 3 is 1.65 bits per heavy atom. The number of phenols is 2. The monoisotopic (exact) mass is 314 g/mol. The summed E-state index contributed by atoms with van der Waals surface area (Å²) in [6.07, 6.45) is 1.51. The lowest BCUT2D eigenvalue weighted by Gasteiger charge is -2.31. The third-order valence-electron chi connectivity index (χ3n) is 3.67. The van der Waals surface area contributed by atoms with Crippen molar-refractivity contribution < 1.29 is 24.9 Å². The number of carbonyl (C=O) groups is 1. The Labute approximate surface area is 134 Å². The van der Waals surface area contributed by atoms with Crippen LogP contribution < -0.4 is 0 Å². The standard InChI is InChI=1S/C18H18O5/c1-12(17(21)22)11-18(23-2,13-3-7-15(19)8-4-13)14-5-9-16(20)10-6-14/h3-11,19-20H,1-2H3,(H,21,22). The molecule has 0 aromatic heterocycles. The zero-order chi connectivity index (χ0) is 17.0. The van der Waals surface area contributed by atoms with E-state index in [1.165, 1.54) is 44.4 Å². The molecule has 5 nitrogen and oxygen atoms in total. The lowest BCUT2D eigenvalue weighted by atomic mass is 9.84. The van der Waals surface area contributed by atoms with E-state index in [0.29, 0.717) is 11.1 Å². The first-order chi connectivity index (χ1) is 10.9. The Bertz CT molecular complexity index is 669.